The number of unbranched alkanes of at least 4 members (excludes halogenated alkanes) is 2. The number of nitroso groups, excluding NO2 is 1. The van der Waals surface area contributed by atoms with Gasteiger partial charge in [0.1, 0.15) is 0 Å². The molecule has 1 aromatic heterocycles. The molecule has 0 radical (unpaired) electrons. The Hall–Kier alpha value is -1.45. The molecule has 82 valence electrons. The van der Waals surface area contributed by atoms with Gasteiger partial charge in [-0.2, -0.15) is 0 Å². The first-order valence-corrected chi connectivity index (χ1v) is 5.35. The minimum Gasteiger partial charge on any atom is -0.259 e. The number of rotatable bonds is 7. The molecule has 0 saturated heterocycles. The lowest BCUT2D eigenvalue weighted by Gasteiger charge is -2.13. The van der Waals surface area contributed by atoms with Crippen molar-refractivity contribution in [3.8, 4) is 0 Å². The van der Waals surface area contributed by atoms with E-state index in [0.29, 0.717) is 13.1 Å². The second kappa shape index (κ2) is 6.92. The Morgan fingerprint density at radius 2 is 2.27 bits per heavy atom. The van der Waals surface area contributed by atoms with Gasteiger partial charge in [-0.1, -0.05) is 25.8 Å². The maximum Gasteiger partial charge on any atom is 0.0814 e. The predicted molar refractivity (Wildman–Crippen MR) is 60.0 cm³/mol. The molecule has 0 aromatic carbocycles. The van der Waals surface area contributed by atoms with Crippen molar-refractivity contribution in [2.24, 2.45) is 5.29 Å². The number of nitrogens with zero attached hydrogens (tertiary/aromatic N) is 3. The summed E-state index contributed by atoms with van der Waals surface area (Å²) < 4.78 is 0. The van der Waals surface area contributed by atoms with Gasteiger partial charge >= 0.3 is 0 Å². The lowest BCUT2D eigenvalue weighted by molar-refractivity contribution is 0.266. The van der Waals surface area contributed by atoms with Crippen molar-refractivity contribution in [3.05, 3.63) is 35.0 Å². The van der Waals surface area contributed by atoms with Crippen LogP contribution >= 0.6 is 0 Å². The summed E-state index contributed by atoms with van der Waals surface area (Å²) in [6.45, 7) is 3.36. The molecule has 0 atom stereocenters. The molecule has 0 bridgehead atoms. The molecule has 4 nitrogen and oxygen atoms in total. The van der Waals surface area contributed by atoms with Crippen molar-refractivity contribution >= 4 is 0 Å². The molecule has 0 aliphatic carbocycles. The Morgan fingerprint density at radius 3 is 2.87 bits per heavy atom. The van der Waals surface area contributed by atoms with E-state index in [-0.39, 0.29) is 0 Å². The van der Waals surface area contributed by atoms with E-state index in [4.69, 9.17) is 0 Å². The van der Waals surface area contributed by atoms with Gasteiger partial charge in [0.05, 0.1) is 17.5 Å². The second-order valence-electron chi connectivity index (χ2n) is 3.50. The predicted octanol–water partition coefficient (Wildman–Crippen LogP) is 2.76. The van der Waals surface area contributed by atoms with Gasteiger partial charge in [-0.15, -0.1) is 4.91 Å². The Morgan fingerprint density at radius 1 is 1.40 bits per heavy atom. The summed E-state index contributed by atoms with van der Waals surface area (Å²) in [4.78, 5) is 14.7. The van der Waals surface area contributed by atoms with E-state index in [2.05, 4.69) is 17.2 Å². The molecule has 0 amide bonds. The summed E-state index contributed by atoms with van der Waals surface area (Å²) in [5, 5.41) is 4.52. The summed E-state index contributed by atoms with van der Waals surface area (Å²) in [6.07, 6.45) is 5.02. The largest absolute Gasteiger partial charge is 0.259 e. The van der Waals surface area contributed by atoms with Crippen molar-refractivity contribution in [3.63, 3.8) is 0 Å². The highest BCUT2D eigenvalue weighted by molar-refractivity contribution is 5.02. The SMILES string of the molecule is CCCCCN(Cc1ccccn1)N=O. The van der Waals surface area contributed by atoms with Crippen molar-refractivity contribution in [2.45, 2.75) is 32.7 Å². The summed E-state index contributed by atoms with van der Waals surface area (Å²) in [6, 6.07) is 5.68. The summed E-state index contributed by atoms with van der Waals surface area (Å²) in [5.74, 6) is 0. The number of pyridine rings is 1. The third kappa shape index (κ3) is 4.54. The average Bonchev–Trinajstić information content (AvgIpc) is 2.29. The van der Waals surface area contributed by atoms with Gasteiger partial charge in [-0.05, 0) is 18.6 Å². The summed E-state index contributed by atoms with van der Waals surface area (Å²) >= 11 is 0. The van der Waals surface area contributed by atoms with E-state index < -0.39 is 0 Å². The van der Waals surface area contributed by atoms with Gasteiger partial charge in [0.25, 0.3) is 0 Å². The van der Waals surface area contributed by atoms with Crippen LogP contribution in [0.1, 0.15) is 31.9 Å². The Balaban J connectivity index is 2.37. The van der Waals surface area contributed by atoms with Crippen LogP contribution in [0, 0.1) is 4.91 Å². The monoisotopic (exact) mass is 207 g/mol. The molecule has 0 unspecified atom stereocenters. The molecule has 0 aliphatic heterocycles. The minimum absolute atomic E-state index is 0.508. The highest BCUT2D eigenvalue weighted by atomic mass is 16.3. The van der Waals surface area contributed by atoms with Crippen LogP contribution < -0.4 is 0 Å². The van der Waals surface area contributed by atoms with Crippen LogP contribution in [0.3, 0.4) is 0 Å². The van der Waals surface area contributed by atoms with Gasteiger partial charge in [0.15, 0.2) is 0 Å². The normalized spacial score (nSPS) is 9.93. The van der Waals surface area contributed by atoms with Crippen molar-refractivity contribution in [1.29, 1.82) is 0 Å². The fraction of sp³-hybridized carbons (Fsp3) is 0.545. The van der Waals surface area contributed by atoms with Crippen LogP contribution in [0.2, 0.25) is 0 Å². The van der Waals surface area contributed by atoms with Crippen LogP contribution in [0.25, 0.3) is 0 Å². The fourth-order valence-electron chi connectivity index (χ4n) is 1.37. The van der Waals surface area contributed by atoms with Gasteiger partial charge in [-0.3, -0.25) is 9.99 Å². The first-order chi connectivity index (χ1) is 7.36. The fourth-order valence-corrected chi connectivity index (χ4v) is 1.37. The van der Waals surface area contributed by atoms with E-state index >= 15 is 0 Å². The molecule has 0 aliphatic rings. The third-order valence-electron chi connectivity index (χ3n) is 2.21. The molecule has 0 N–H and O–H groups in total. The number of aromatic nitrogens is 1. The van der Waals surface area contributed by atoms with Crippen molar-refractivity contribution in [1.82, 2.24) is 9.99 Å². The molecule has 1 aromatic rings. The van der Waals surface area contributed by atoms with E-state index in [0.717, 1.165) is 25.0 Å². The van der Waals surface area contributed by atoms with Crippen LogP contribution in [0.5, 0.6) is 0 Å². The summed E-state index contributed by atoms with van der Waals surface area (Å²) in [5.41, 5.74) is 0.883. The van der Waals surface area contributed by atoms with Gasteiger partial charge in [-0.25, -0.2) is 0 Å². The maximum absolute atomic E-state index is 10.6. The maximum atomic E-state index is 10.6. The van der Waals surface area contributed by atoms with Crippen molar-refractivity contribution in [2.75, 3.05) is 6.54 Å². The average molecular weight is 207 g/mol. The zero-order chi connectivity index (χ0) is 10.9. The van der Waals surface area contributed by atoms with Crippen LogP contribution in [-0.4, -0.2) is 16.5 Å². The standard InChI is InChI=1S/C11H17N3O/c1-2-3-6-9-14(13-15)10-11-7-4-5-8-12-11/h4-5,7-8H,2-3,6,9-10H2,1H3. The molecule has 1 rings (SSSR count). The Bertz CT molecular complexity index is 276. The lowest BCUT2D eigenvalue weighted by atomic mass is 10.2. The topological polar surface area (TPSA) is 45.6 Å². The quantitative estimate of drug-likeness (QED) is 0.392. The van der Waals surface area contributed by atoms with Crippen LogP contribution in [-0.2, 0) is 6.54 Å². The molecule has 4 heteroatoms. The van der Waals surface area contributed by atoms with Crippen LogP contribution in [0.4, 0.5) is 0 Å². The molecule has 0 saturated carbocycles. The molecular formula is C11H17N3O. The van der Waals surface area contributed by atoms with Gasteiger partial charge in [0, 0.05) is 12.7 Å². The molecule has 0 spiro atoms. The molecular weight excluding hydrogens is 190 g/mol. The van der Waals surface area contributed by atoms with Crippen molar-refractivity contribution < 1.29 is 0 Å². The first kappa shape index (κ1) is 11.6. The molecule has 1 heterocycles. The highest BCUT2D eigenvalue weighted by Gasteiger charge is 2.03. The number of hydrogen-bond donors (Lipinski definition) is 0. The minimum atomic E-state index is 0.508. The first-order valence-electron chi connectivity index (χ1n) is 5.35. The van der Waals surface area contributed by atoms with E-state index in [1.165, 1.54) is 5.01 Å². The zero-order valence-electron chi connectivity index (χ0n) is 9.09. The van der Waals surface area contributed by atoms with E-state index in [1.54, 1.807) is 6.20 Å². The Labute approximate surface area is 90.3 Å². The van der Waals surface area contributed by atoms with Crippen LogP contribution in [0.15, 0.2) is 29.7 Å². The van der Waals surface area contributed by atoms with E-state index in [9.17, 15) is 4.91 Å². The summed E-state index contributed by atoms with van der Waals surface area (Å²) in [7, 11) is 0. The smallest absolute Gasteiger partial charge is 0.0814 e. The molecule has 0 fully saturated rings. The highest BCUT2D eigenvalue weighted by Crippen LogP contribution is 2.04. The Kier molecular flexibility index (Phi) is 5.37. The van der Waals surface area contributed by atoms with Gasteiger partial charge in [0.2, 0.25) is 0 Å². The zero-order valence-corrected chi connectivity index (χ0v) is 9.09. The van der Waals surface area contributed by atoms with Gasteiger partial charge < -0.3 is 0 Å². The van der Waals surface area contributed by atoms with E-state index in [1.807, 2.05) is 18.2 Å². The third-order valence-corrected chi connectivity index (χ3v) is 2.21. The number of hydrogen-bond acceptors (Lipinski definition) is 3. The molecule has 15 heavy (non-hydrogen) atoms. The second-order valence-corrected chi connectivity index (χ2v) is 3.50. The lowest BCUT2D eigenvalue weighted by Crippen LogP contribution is -2.18.